The summed E-state index contributed by atoms with van der Waals surface area (Å²) in [6, 6.07) is 16.2. The number of carbonyl (C=O) groups excluding carboxylic acids is 1. The van der Waals surface area contributed by atoms with Gasteiger partial charge in [-0.15, -0.1) is 0 Å². The number of hydrogen-bond acceptors (Lipinski definition) is 3. The molecule has 4 rings (SSSR count). The van der Waals surface area contributed by atoms with Gasteiger partial charge in [-0.3, -0.25) is 9.89 Å². The first kappa shape index (κ1) is 17.6. The highest BCUT2D eigenvalue weighted by atomic mass is 16.3. The lowest BCUT2D eigenvalue weighted by Gasteiger charge is -2.32. The van der Waals surface area contributed by atoms with Crippen LogP contribution in [0.5, 0.6) is 0 Å². The maximum absolute atomic E-state index is 13.0. The van der Waals surface area contributed by atoms with E-state index in [1.165, 1.54) is 11.3 Å². The molecule has 5 heteroatoms. The van der Waals surface area contributed by atoms with Gasteiger partial charge < -0.3 is 9.32 Å². The van der Waals surface area contributed by atoms with Gasteiger partial charge in [-0.25, -0.2) is 0 Å². The molecule has 1 aliphatic heterocycles. The van der Waals surface area contributed by atoms with Crippen LogP contribution in [0.2, 0.25) is 0 Å². The number of aromatic nitrogens is 2. The van der Waals surface area contributed by atoms with Gasteiger partial charge in [0.2, 0.25) is 5.91 Å². The minimum Gasteiger partial charge on any atom is -0.469 e. The average molecular weight is 363 g/mol. The van der Waals surface area contributed by atoms with Crippen LogP contribution in [-0.4, -0.2) is 34.1 Å². The molecule has 1 saturated heterocycles. The number of H-pyrrole nitrogens is 1. The Kier molecular flexibility index (Phi) is 5.37. The zero-order valence-electron chi connectivity index (χ0n) is 15.4. The molecule has 0 saturated carbocycles. The van der Waals surface area contributed by atoms with E-state index in [0.29, 0.717) is 12.3 Å². The van der Waals surface area contributed by atoms with Crippen LogP contribution >= 0.6 is 0 Å². The Bertz CT molecular complexity index is 820. The van der Waals surface area contributed by atoms with Crippen molar-refractivity contribution in [3.8, 4) is 0 Å². The molecule has 5 nitrogen and oxygen atoms in total. The van der Waals surface area contributed by atoms with Crippen molar-refractivity contribution in [3.63, 3.8) is 0 Å². The molecule has 1 fully saturated rings. The third-order valence-corrected chi connectivity index (χ3v) is 5.50. The van der Waals surface area contributed by atoms with Crippen molar-refractivity contribution < 1.29 is 9.21 Å². The van der Waals surface area contributed by atoms with E-state index in [2.05, 4.69) is 22.3 Å². The van der Waals surface area contributed by atoms with Gasteiger partial charge in [0, 0.05) is 43.2 Å². The van der Waals surface area contributed by atoms with Gasteiger partial charge in [-0.05, 0) is 43.0 Å². The highest BCUT2D eigenvalue weighted by molar-refractivity contribution is 5.77. The first-order valence-corrected chi connectivity index (χ1v) is 9.64. The second-order valence-electron chi connectivity index (χ2n) is 7.27. The molecule has 0 spiro atoms. The van der Waals surface area contributed by atoms with Gasteiger partial charge in [0.05, 0.1) is 6.26 Å². The van der Waals surface area contributed by atoms with Gasteiger partial charge in [0.1, 0.15) is 5.76 Å². The van der Waals surface area contributed by atoms with E-state index in [9.17, 15) is 4.79 Å². The number of piperidine rings is 1. The Hall–Kier alpha value is -2.82. The van der Waals surface area contributed by atoms with E-state index in [1.54, 1.807) is 12.5 Å². The fourth-order valence-corrected chi connectivity index (χ4v) is 3.97. The van der Waals surface area contributed by atoms with Crippen molar-refractivity contribution in [2.75, 3.05) is 13.1 Å². The highest BCUT2D eigenvalue weighted by Gasteiger charge is 2.27. The Morgan fingerprint density at radius 1 is 1.15 bits per heavy atom. The molecule has 27 heavy (non-hydrogen) atoms. The van der Waals surface area contributed by atoms with Crippen molar-refractivity contribution in [2.45, 2.75) is 37.5 Å². The monoisotopic (exact) mass is 363 g/mol. The second-order valence-corrected chi connectivity index (χ2v) is 7.27. The van der Waals surface area contributed by atoms with Gasteiger partial charge in [-0.1, -0.05) is 30.3 Å². The topological polar surface area (TPSA) is 62.1 Å². The van der Waals surface area contributed by atoms with Crippen LogP contribution in [0, 0.1) is 0 Å². The van der Waals surface area contributed by atoms with E-state index >= 15 is 0 Å². The van der Waals surface area contributed by atoms with Crippen molar-refractivity contribution in [3.05, 3.63) is 78.0 Å². The standard InChI is InChI=1S/C22H25N3O2/c26-22(25-12-9-18(10-13-25)20-8-11-23-24-20)16-19(21-7-4-14-27-21)15-17-5-2-1-3-6-17/h1-8,11,14,18-19H,9-10,12-13,15-16H2,(H,23,24)/t19-/m0/s1. The first-order chi connectivity index (χ1) is 13.3. The van der Waals surface area contributed by atoms with E-state index < -0.39 is 0 Å². The summed E-state index contributed by atoms with van der Waals surface area (Å²) in [5.41, 5.74) is 2.41. The summed E-state index contributed by atoms with van der Waals surface area (Å²) in [5, 5.41) is 7.11. The largest absolute Gasteiger partial charge is 0.469 e. The Balaban J connectivity index is 1.38. The summed E-state index contributed by atoms with van der Waals surface area (Å²) < 4.78 is 5.64. The molecule has 0 radical (unpaired) electrons. The first-order valence-electron chi connectivity index (χ1n) is 9.64. The Labute approximate surface area is 159 Å². The molecule has 1 amide bonds. The zero-order valence-corrected chi connectivity index (χ0v) is 15.4. The summed E-state index contributed by atoms with van der Waals surface area (Å²) in [5.74, 6) is 1.65. The number of nitrogens with zero attached hydrogens (tertiary/aromatic N) is 2. The van der Waals surface area contributed by atoms with Crippen LogP contribution in [0.1, 0.15) is 48.1 Å². The number of furan rings is 1. The zero-order chi connectivity index (χ0) is 18.5. The van der Waals surface area contributed by atoms with E-state index in [4.69, 9.17) is 4.42 Å². The average Bonchev–Trinajstić information content (AvgIpc) is 3.42. The number of amides is 1. The number of hydrogen-bond donors (Lipinski definition) is 1. The molecule has 2 aromatic heterocycles. The predicted molar refractivity (Wildman–Crippen MR) is 103 cm³/mol. The fraction of sp³-hybridized carbons (Fsp3) is 0.364. The molecular weight excluding hydrogens is 338 g/mol. The number of carbonyl (C=O) groups is 1. The molecule has 3 heterocycles. The molecule has 0 aliphatic carbocycles. The normalized spacial score (nSPS) is 16.4. The summed E-state index contributed by atoms with van der Waals surface area (Å²) in [6.45, 7) is 1.61. The molecular formula is C22H25N3O2. The van der Waals surface area contributed by atoms with Crippen LogP contribution in [0.4, 0.5) is 0 Å². The van der Waals surface area contributed by atoms with Crippen molar-refractivity contribution in [1.29, 1.82) is 0 Å². The summed E-state index contributed by atoms with van der Waals surface area (Å²) in [7, 11) is 0. The van der Waals surface area contributed by atoms with Crippen molar-refractivity contribution in [2.24, 2.45) is 0 Å². The van der Waals surface area contributed by atoms with Crippen LogP contribution in [0.3, 0.4) is 0 Å². The quantitative estimate of drug-likeness (QED) is 0.716. The van der Waals surface area contributed by atoms with Gasteiger partial charge in [0.15, 0.2) is 0 Å². The summed E-state index contributed by atoms with van der Waals surface area (Å²) >= 11 is 0. The smallest absolute Gasteiger partial charge is 0.223 e. The van der Waals surface area contributed by atoms with Gasteiger partial charge in [0.25, 0.3) is 0 Å². The number of benzene rings is 1. The number of likely N-dealkylation sites (tertiary alicyclic amines) is 1. The Morgan fingerprint density at radius 2 is 1.96 bits per heavy atom. The minimum atomic E-state index is 0.0697. The number of nitrogens with one attached hydrogen (secondary N) is 1. The molecule has 1 N–H and O–H groups in total. The SMILES string of the molecule is O=C(C[C@H](Cc1ccccc1)c1ccco1)N1CCC(c2ccn[nH]2)CC1. The lowest BCUT2D eigenvalue weighted by Crippen LogP contribution is -2.38. The van der Waals surface area contributed by atoms with Crippen LogP contribution in [0.25, 0.3) is 0 Å². The van der Waals surface area contributed by atoms with Gasteiger partial charge >= 0.3 is 0 Å². The van der Waals surface area contributed by atoms with Gasteiger partial charge in [-0.2, -0.15) is 5.10 Å². The summed E-state index contributed by atoms with van der Waals surface area (Å²) in [6.07, 6.45) is 6.75. The lowest BCUT2D eigenvalue weighted by molar-refractivity contribution is -0.132. The second kappa shape index (κ2) is 8.25. The maximum Gasteiger partial charge on any atom is 0.223 e. The van der Waals surface area contributed by atoms with Crippen molar-refractivity contribution in [1.82, 2.24) is 15.1 Å². The molecule has 1 aliphatic rings. The van der Waals surface area contributed by atoms with Crippen LogP contribution in [-0.2, 0) is 11.2 Å². The predicted octanol–water partition coefficient (Wildman–Crippen LogP) is 4.13. The number of aromatic amines is 1. The van der Waals surface area contributed by atoms with Crippen molar-refractivity contribution >= 4 is 5.91 Å². The Morgan fingerprint density at radius 3 is 2.63 bits per heavy atom. The number of rotatable bonds is 6. The molecule has 1 aromatic carbocycles. The van der Waals surface area contributed by atoms with E-state index in [-0.39, 0.29) is 11.8 Å². The van der Waals surface area contributed by atoms with E-state index in [1.807, 2.05) is 41.3 Å². The van der Waals surface area contributed by atoms with E-state index in [0.717, 1.165) is 38.1 Å². The molecule has 0 bridgehead atoms. The highest BCUT2D eigenvalue weighted by Crippen LogP contribution is 2.29. The minimum absolute atomic E-state index is 0.0697. The lowest BCUT2D eigenvalue weighted by atomic mass is 9.91. The maximum atomic E-state index is 13.0. The van der Waals surface area contributed by atoms with Crippen LogP contribution < -0.4 is 0 Å². The summed E-state index contributed by atoms with van der Waals surface area (Å²) in [4.78, 5) is 15.0. The molecule has 3 aromatic rings. The molecule has 1 atom stereocenters. The molecule has 140 valence electrons. The fourth-order valence-electron chi connectivity index (χ4n) is 3.97. The third-order valence-electron chi connectivity index (χ3n) is 5.50. The molecule has 0 unspecified atom stereocenters. The third kappa shape index (κ3) is 4.30. The van der Waals surface area contributed by atoms with Crippen LogP contribution in [0.15, 0.2) is 65.4 Å².